The second-order valence-electron chi connectivity index (χ2n) is 3.46. The molecular formula is C10H11N3O4S. The zero-order valence-corrected chi connectivity index (χ0v) is 10.1. The second kappa shape index (κ2) is 5.15. The van der Waals surface area contributed by atoms with E-state index in [1.165, 1.54) is 24.6 Å². The fourth-order valence-corrected chi connectivity index (χ4v) is 2.49. The van der Waals surface area contributed by atoms with Crippen LogP contribution in [0.1, 0.15) is 5.82 Å². The fraction of sp³-hybridized carbons (Fsp3) is 0.200. The molecule has 0 unspecified atom stereocenters. The lowest BCUT2D eigenvalue weighted by atomic mass is 10.3. The maximum absolute atomic E-state index is 11.8. The monoisotopic (exact) mass is 269 g/mol. The average Bonchev–Trinajstić information content (AvgIpc) is 2.82. The maximum Gasteiger partial charge on any atom is 0.244 e. The zero-order chi connectivity index (χ0) is 13.0. The number of benzene rings is 1. The number of sulfonamides is 1. The Labute approximate surface area is 104 Å². The quantitative estimate of drug-likeness (QED) is 0.808. The largest absolute Gasteiger partial charge is 0.507 e. The summed E-state index contributed by atoms with van der Waals surface area (Å²) in [6.07, 6.45) is 1.48. The SMILES string of the molecule is O=S(=O)(NCCc1ncon1)c1ccccc1O. The van der Waals surface area contributed by atoms with E-state index in [2.05, 4.69) is 19.4 Å². The minimum atomic E-state index is -3.73. The van der Waals surface area contributed by atoms with Crippen molar-refractivity contribution in [1.82, 2.24) is 14.9 Å². The lowest BCUT2D eigenvalue weighted by molar-refractivity contribution is 0.409. The van der Waals surface area contributed by atoms with Crippen LogP contribution in [0, 0.1) is 0 Å². The van der Waals surface area contributed by atoms with Crippen molar-refractivity contribution in [3.05, 3.63) is 36.5 Å². The van der Waals surface area contributed by atoms with Crippen LogP contribution in [0.4, 0.5) is 0 Å². The van der Waals surface area contributed by atoms with E-state index >= 15 is 0 Å². The smallest absolute Gasteiger partial charge is 0.244 e. The molecule has 7 nitrogen and oxygen atoms in total. The third-order valence-corrected chi connectivity index (χ3v) is 3.71. The Morgan fingerprint density at radius 1 is 1.33 bits per heavy atom. The van der Waals surface area contributed by atoms with Crippen LogP contribution >= 0.6 is 0 Å². The molecule has 0 spiro atoms. The highest BCUT2D eigenvalue weighted by atomic mass is 32.2. The number of nitrogens with one attached hydrogen (secondary N) is 1. The lowest BCUT2D eigenvalue weighted by Crippen LogP contribution is -2.26. The van der Waals surface area contributed by atoms with Gasteiger partial charge in [0.1, 0.15) is 10.6 Å². The van der Waals surface area contributed by atoms with Crippen molar-refractivity contribution in [1.29, 1.82) is 0 Å². The van der Waals surface area contributed by atoms with Gasteiger partial charge in [0.25, 0.3) is 0 Å². The van der Waals surface area contributed by atoms with E-state index in [1.54, 1.807) is 6.07 Å². The number of para-hydroxylation sites is 1. The summed E-state index contributed by atoms with van der Waals surface area (Å²) < 4.78 is 30.6. The van der Waals surface area contributed by atoms with E-state index in [-0.39, 0.29) is 17.2 Å². The summed E-state index contributed by atoms with van der Waals surface area (Å²) in [6.45, 7) is 0.121. The van der Waals surface area contributed by atoms with Crippen molar-refractivity contribution in [2.45, 2.75) is 11.3 Å². The average molecular weight is 269 g/mol. The Balaban J connectivity index is 2.02. The lowest BCUT2D eigenvalue weighted by Gasteiger charge is -2.06. The number of rotatable bonds is 5. The van der Waals surface area contributed by atoms with Crippen LogP contribution in [0.2, 0.25) is 0 Å². The summed E-state index contributed by atoms with van der Waals surface area (Å²) in [4.78, 5) is 3.61. The van der Waals surface area contributed by atoms with Gasteiger partial charge in [-0.3, -0.25) is 0 Å². The van der Waals surface area contributed by atoms with Gasteiger partial charge in [-0.05, 0) is 12.1 Å². The Hall–Kier alpha value is -1.93. The van der Waals surface area contributed by atoms with E-state index in [0.29, 0.717) is 12.2 Å². The predicted octanol–water partition coefficient (Wildman–Crippen LogP) is 0.296. The zero-order valence-electron chi connectivity index (χ0n) is 9.28. The third-order valence-electron chi connectivity index (χ3n) is 2.20. The first-order valence-electron chi connectivity index (χ1n) is 5.12. The Bertz CT molecular complexity index is 610. The molecule has 0 bridgehead atoms. The molecule has 1 heterocycles. The predicted molar refractivity (Wildman–Crippen MR) is 61.3 cm³/mol. The van der Waals surface area contributed by atoms with Crippen LogP contribution in [0.5, 0.6) is 5.75 Å². The number of nitrogens with zero attached hydrogens (tertiary/aromatic N) is 2. The Morgan fingerprint density at radius 3 is 2.78 bits per heavy atom. The summed E-state index contributed by atoms with van der Waals surface area (Å²) in [7, 11) is -3.73. The molecule has 0 fully saturated rings. The van der Waals surface area contributed by atoms with E-state index in [1.807, 2.05) is 0 Å². The van der Waals surface area contributed by atoms with Gasteiger partial charge in [0.05, 0.1) is 0 Å². The molecule has 0 aliphatic carbocycles. The van der Waals surface area contributed by atoms with Crippen molar-refractivity contribution < 1.29 is 18.0 Å². The van der Waals surface area contributed by atoms with Crippen LogP contribution in [-0.2, 0) is 16.4 Å². The highest BCUT2D eigenvalue weighted by Crippen LogP contribution is 2.20. The molecule has 1 aromatic heterocycles. The Morgan fingerprint density at radius 2 is 2.11 bits per heavy atom. The maximum atomic E-state index is 11.8. The first-order valence-corrected chi connectivity index (χ1v) is 6.61. The van der Waals surface area contributed by atoms with Gasteiger partial charge in [-0.25, -0.2) is 13.1 Å². The number of hydrogen-bond acceptors (Lipinski definition) is 6. The number of hydrogen-bond donors (Lipinski definition) is 2. The van der Waals surface area contributed by atoms with E-state index in [4.69, 9.17) is 0 Å². The highest BCUT2D eigenvalue weighted by Gasteiger charge is 2.17. The molecule has 2 N–H and O–H groups in total. The van der Waals surface area contributed by atoms with Gasteiger partial charge in [-0.1, -0.05) is 17.3 Å². The molecule has 2 rings (SSSR count). The van der Waals surface area contributed by atoms with Crippen LogP contribution < -0.4 is 4.72 Å². The molecule has 1 aromatic carbocycles. The number of aromatic hydroxyl groups is 1. The minimum absolute atomic E-state index is 0.121. The molecule has 0 aliphatic heterocycles. The first kappa shape index (κ1) is 12.5. The molecule has 8 heteroatoms. The molecule has 0 amide bonds. The van der Waals surface area contributed by atoms with E-state index in [0.717, 1.165) is 0 Å². The van der Waals surface area contributed by atoms with E-state index in [9.17, 15) is 13.5 Å². The van der Waals surface area contributed by atoms with Crippen molar-refractivity contribution >= 4 is 10.0 Å². The molecule has 0 aliphatic rings. The molecule has 2 aromatic rings. The highest BCUT2D eigenvalue weighted by molar-refractivity contribution is 7.89. The van der Waals surface area contributed by atoms with Gasteiger partial charge in [0, 0.05) is 13.0 Å². The van der Waals surface area contributed by atoms with Crippen molar-refractivity contribution in [3.63, 3.8) is 0 Å². The normalized spacial score (nSPS) is 11.6. The third kappa shape index (κ3) is 2.84. The van der Waals surface area contributed by atoms with Gasteiger partial charge in [0.15, 0.2) is 5.82 Å². The van der Waals surface area contributed by atoms with Gasteiger partial charge < -0.3 is 9.63 Å². The van der Waals surface area contributed by atoms with Crippen molar-refractivity contribution in [2.75, 3.05) is 6.54 Å². The minimum Gasteiger partial charge on any atom is -0.507 e. The molecule has 0 radical (unpaired) electrons. The van der Waals surface area contributed by atoms with Crippen LogP contribution in [0.3, 0.4) is 0 Å². The van der Waals surface area contributed by atoms with Gasteiger partial charge in [0.2, 0.25) is 16.4 Å². The topological polar surface area (TPSA) is 105 Å². The molecule has 18 heavy (non-hydrogen) atoms. The first-order chi connectivity index (χ1) is 8.59. The number of phenols is 1. The van der Waals surface area contributed by atoms with Gasteiger partial charge >= 0.3 is 0 Å². The van der Waals surface area contributed by atoms with Gasteiger partial charge in [-0.2, -0.15) is 4.98 Å². The summed E-state index contributed by atoms with van der Waals surface area (Å²) in [5.41, 5.74) is 0. The summed E-state index contributed by atoms with van der Waals surface area (Å²) >= 11 is 0. The van der Waals surface area contributed by atoms with Crippen LogP contribution in [0.25, 0.3) is 0 Å². The van der Waals surface area contributed by atoms with E-state index < -0.39 is 10.0 Å². The molecule has 0 atom stereocenters. The Kier molecular flexibility index (Phi) is 3.58. The molecule has 0 saturated heterocycles. The molecule has 0 saturated carbocycles. The summed E-state index contributed by atoms with van der Waals surface area (Å²) in [5.74, 6) is 0.125. The van der Waals surface area contributed by atoms with Crippen LogP contribution in [-0.4, -0.2) is 30.2 Å². The standard InChI is InChI=1S/C10H11N3O4S/c14-8-3-1-2-4-9(8)18(15,16)12-6-5-10-11-7-17-13-10/h1-4,7,12,14H,5-6H2. The van der Waals surface area contributed by atoms with Crippen molar-refractivity contribution in [2.24, 2.45) is 0 Å². The van der Waals surface area contributed by atoms with Crippen LogP contribution in [0.15, 0.2) is 40.1 Å². The second-order valence-corrected chi connectivity index (χ2v) is 5.20. The summed E-state index contributed by atoms with van der Waals surface area (Å²) in [6, 6.07) is 5.72. The molecular weight excluding hydrogens is 258 g/mol. The van der Waals surface area contributed by atoms with Crippen molar-refractivity contribution in [3.8, 4) is 5.75 Å². The number of phenolic OH excluding ortho intramolecular Hbond substituents is 1. The van der Waals surface area contributed by atoms with Gasteiger partial charge in [-0.15, -0.1) is 0 Å². The molecule has 96 valence electrons. The summed E-state index contributed by atoms with van der Waals surface area (Å²) in [5, 5.41) is 13.0. The number of aromatic nitrogens is 2. The fourth-order valence-electron chi connectivity index (χ4n) is 1.36.